The lowest BCUT2D eigenvalue weighted by Gasteiger charge is -2.23. The van der Waals surface area contributed by atoms with Crippen LogP contribution >= 0.6 is 0 Å². The fraction of sp³-hybridized carbons (Fsp3) is 0.429. The van der Waals surface area contributed by atoms with Crippen molar-refractivity contribution in [3.63, 3.8) is 0 Å². The van der Waals surface area contributed by atoms with Gasteiger partial charge in [0.2, 0.25) is 0 Å². The van der Waals surface area contributed by atoms with Gasteiger partial charge in [-0.05, 0) is 42.5 Å². The summed E-state index contributed by atoms with van der Waals surface area (Å²) in [6, 6.07) is 10.4. The monoisotopic (exact) mass is 337 g/mol. The number of carbonyl (C=O) groups excluding carboxylic acids is 1. The van der Waals surface area contributed by atoms with Crippen molar-refractivity contribution in [1.82, 2.24) is 4.98 Å². The van der Waals surface area contributed by atoms with Crippen LogP contribution < -0.4 is 10.6 Å². The molecule has 1 amide bonds. The van der Waals surface area contributed by atoms with Crippen LogP contribution in [0.25, 0.3) is 0 Å². The summed E-state index contributed by atoms with van der Waals surface area (Å²) >= 11 is 0. The highest BCUT2D eigenvalue weighted by molar-refractivity contribution is 6.04. The Labute approximate surface area is 150 Å². The first-order chi connectivity index (χ1) is 12.1. The third-order valence-corrected chi connectivity index (χ3v) is 4.81. The zero-order valence-electron chi connectivity index (χ0n) is 15.1. The maximum Gasteiger partial charge on any atom is 0.257 e. The number of pyridine rings is 1. The number of hydrogen-bond acceptors (Lipinski definition) is 3. The predicted octanol–water partition coefficient (Wildman–Crippen LogP) is 5.20. The van der Waals surface area contributed by atoms with Gasteiger partial charge in [-0.2, -0.15) is 0 Å². The number of anilines is 2. The maximum atomic E-state index is 12.5. The molecule has 2 aromatic rings. The van der Waals surface area contributed by atoms with E-state index >= 15 is 0 Å². The highest BCUT2D eigenvalue weighted by atomic mass is 16.1. The Morgan fingerprint density at radius 2 is 1.76 bits per heavy atom. The Balaban J connectivity index is 1.64. The van der Waals surface area contributed by atoms with E-state index in [4.69, 9.17) is 0 Å². The fourth-order valence-corrected chi connectivity index (χ4v) is 3.28. The van der Waals surface area contributed by atoms with E-state index < -0.39 is 0 Å². The molecule has 25 heavy (non-hydrogen) atoms. The van der Waals surface area contributed by atoms with Crippen LogP contribution in [0.2, 0.25) is 0 Å². The normalized spacial score (nSPS) is 15.2. The maximum absolute atomic E-state index is 12.5. The van der Waals surface area contributed by atoms with Gasteiger partial charge in [0.05, 0.1) is 11.3 Å². The van der Waals surface area contributed by atoms with Gasteiger partial charge in [0, 0.05) is 24.1 Å². The molecule has 0 aliphatic heterocycles. The van der Waals surface area contributed by atoms with Crippen molar-refractivity contribution in [3.05, 3.63) is 53.9 Å². The summed E-state index contributed by atoms with van der Waals surface area (Å²) in [5.41, 5.74) is 3.57. The second-order valence-electron chi connectivity index (χ2n) is 7.17. The van der Waals surface area contributed by atoms with Crippen molar-refractivity contribution < 1.29 is 4.79 Å². The molecule has 1 saturated carbocycles. The topological polar surface area (TPSA) is 54.0 Å². The third-order valence-electron chi connectivity index (χ3n) is 4.81. The summed E-state index contributed by atoms with van der Waals surface area (Å²) in [4.78, 5) is 16.7. The van der Waals surface area contributed by atoms with E-state index in [1.54, 1.807) is 12.4 Å². The van der Waals surface area contributed by atoms with E-state index in [0.29, 0.717) is 17.5 Å². The Kier molecular flexibility index (Phi) is 5.69. The van der Waals surface area contributed by atoms with Crippen LogP contribution in [0.4, 0.5) is 11.4 Å². The molecule has 0 unspecified atom stereocenters. The van der Waals surface area contributed by atoms with Crippen LogP contribution in [0, 0.1) is 0 Å². The summed E-state index contributed by atoms with van der Waals surface area (Å²) in [5.74, 6) is 0.355. The van der Waals surface area contributed by atoms with Crippen molar-refractivity contribution in [2.75, 3.05) is 10.6 Å². The smallest absolute Gasteiger partial charge is 0.257 e. The SMILES string of the molecule is CC(C)c1ccc(NC(=O)c2cncc(NC3CCCCC3)c2)cc1. The molecule has 1 aliphatic rings. The number of nitrogens with one attached hydrogen (secondary N) is 2. The predicted molar refractivity (Wildman–Crippen MR) is 103 cm³/mol. The van der Waals surface area contributed by atoms with Gasteiger partial charge >= 0.3 is 0 Å². The first kappa shape index (κ1) is 17.5. The molecular weight excluding hydrogens is 310 g/mol. The average Bonchev–Trinajstić information content (AvgIpc) is 2.63. The highest BCUT2D eigenvalue weighted by Crippen LogP contribution is 2.22. The first-order valence-electron chi connectivity index (χ1n) is 9.25. The van der Waals surface area contributed by atoms with Crippen LogP contribution in [0.15, 0.2) is 42.7 Å². The molecule has 0 atom stereocenters. The van der Waals surface area contributed by atoms with E-state index in [1.807, 2.05) is 18.2 Å². The number of rotatable bonds is 5. The van der Waals surface area contributed by atoms with E-state index in [1.165, 1.54) is 37.7 Å². The molecule has 4 nitrogen and oxygen atoms in total. The standard InChI is InChI=1S/C21H27N3O/c1-15(2)16-8-10-19(11-9-16)24-21(25)17-12-20(14-22-13-17)23-18-6-4-3-5-7-18/h8-15,18,23H,3-7H2,1-2H3,(H,24,25). The largest absolute Gasteiger partial charge is 0.381 e. The van der Waals surface area contributed by atoms with Gasteiger partial charge in [0.25, 0.3) is 5.91 Å². The minimum absolute atomic E-state index is 0.128. The fourth-order valence-electron chi connectivity index (χ4n) is 3.28. The quantitative estimate of drug-likeness (QED) is 0.788. The number of benzene rings is 1. The van der Waals surface area contributed by atoms with E-state index in [9.17, 15) is 4.79 Å². The number of amides is 1. The van der Waals surface area contributed by atoms with Gasteiger partial charge in [0.15, 0.2) is 0 Å². The van der Waals surface area contributed by atoms with E-state index in [0.717, 1.165) is 11.4 Å². The van der Waals surface area contributed by atoms with Gasteiger partial charge < -0.3 is 10.6 Å². The van der Waals surface area contributed by atoms with Crippen molar-refractivity contribution in [1.29, 1.82) is 0 Å². The second kappa shape index (κ2) is 8.15. The van der Waals surface area contributed by atoms with Crippen molar-refractivity contribution in [3.8, 4) is 0 Å². The van der Waals surface area contributed by atoms with Gasteiger partial charge in [-0.3, -0.25) is 9.78 Å². The molecule has 2 N–H and O–H groups in total. The summed E-state index contributed by atoms with van der Waals surface area (Å²) in [6.07, 6.45) is 9.67. The molecule has 132 valence electrons. The Bertz CT molecular complexity index is 703. The zero-order valence-corrected chi connectivity index (χ0v) is 15.1. The van der Waals surface area contributed by atoms with Gasteiger partial charge in [0.1, 0.15) is 0 Å². The number of hydrogen-bond donors (Lipinski definition) is 2. The van der Waals surface area contributed by atoms with Gasteiger partial charge in [-0.25, -0.2) is 0 Å². The van der Waals surface area contributed by atoms with E-state index in [-0.39, 0.29) is 5.91 Å². The molecule has 1 aliphatic carbocycles. The van der Waals surface area contributed by atoms with Crippen molar-refractivity contribution >= 4 is 17.3 Å². The van der Waals surface area contributed by atoms with E-state index in [2.05, 4.69) is 41.6 Å². The highest BCUT2D eigenvalue weighted by Gasteiger charge is 2.14. The summed E-state index contributed by atoms with van der Waals surface area (Å²) < 4.78 is 0. The van der Waals surface area contributed by atoms with Crippen LogP contribution in [0.3, 0.4) is 0 Å². The summed E-state index contributed by atoms with van der Waals surface area (Å²) in [6.45, 7) is 4.31. The molecule has 4 heteroatoms. The molecule has 0 saturated heterocycles. The van der Waals surface area contributed by atoms with Crippen molar-refractivity contribution in [2.24, 2.45) is 0 Å². The summed E-state index contributed by atoms with van der Waals surface area (Å²) in [5, 5.41) is 6.47. The molecule has 0 radical (unpaired) electrons. The lowest BCUT2D eigenvalue weighted by atomic mass is 9.95. The van der Waals surface area contributed by atoms with Crippen LogP contribution in [0.1, 0.15) is 67.8 Å². The first-order valence-corrected chi connectivity index (χ1v) is 9.25. The van der Waals surface area contributed by atoms with Crippen LogP contribution in [-0.4, -0.2) is 16.9 Å². The minimum Gasteiger partial charge on any atom is -0.381 e. The molecular formula is C21H27N3O. The second-order valence-corrected chi connectivity index (χ2v) is 7.17. The molecule has 1 heterocycles. The number of carbonyl (C=O) groups is 1. The van der Waals surface area contributed by atoms with Gasteiger partial charge in [-0.15, -0.1) is 0 Å². The molecule has 1 aromatic heterocycles. The van der Waals surface area contributed by atoms with Crippen molar-refractivity contribution in [2.45, 2.75) is 57.9 Å². The lowest BCUT2D eigenvalue weighted by Crippen LogP contribution is -2.22. The lowest BCUT2D eigenvalue weighted by molar-refractivity contribution is 0.102. The number of aromatic nitrogens is 1. The van der Waals surface area contributed by atoms with Gasteiger partial charge in [-0.1, -0.05) is 45.2 Å². The third kappa shape index (κ3) is 4.81. The Morgan fingerprint density at radius 1 is 1.04 bits per heavy atom. The van der Waals surface area contributed by atoms with Crippen LogP contribution in [0.5, 0.6) is 0 Å². The summed E-state index contributed by atoms with van der Waals surface area (Å²) in [7, 11) is 0. The number of nitrogens with zero attached hydrogens (tertiary/aromatic N) is 1. The Hall–Kier alpha value is -2.36. The Morgan fingerprint density at radius 3 is 2.44 bits per heavy atom. The van der Waals surface area contributed by atoms with Crippen LogP contribution in [-0.2, 0) is 0 Å². The average molecular weight is 337 g/mol. The molecule has 0 spiro atoms. The minimum atomic E-state index is -0.128. The molecule has 3 rings (SSSR count). The molecule has 1 aromatic carbocycles. The zero-order chi connectivity index (χ0) is 17.6. The molecule has 0 bridgehead atoms. The molecule has 1 fully saturated rings.